The number of nitrogen functional groups attached to an aromatic ring is 1. The first-order valence-electron chi connectivity index (χ1n) is 5.27. The van der Waals surface area contributed by atoms with Crippen LogP contribution < -0.4 is 11.1 Å². The fourth-order valence-corrected chi connectivity index (χ4v) is 2.56. The van der Waals surface area contributed by atoms with Gasteiger partial charge in [0.25, 0.3) is 0 Å². The Morgan fingerprint density at radius 1 is 1.41 bits per heavy atom. The highest BCUT2D eigenvalue weighted by Gasteiger charge is 2.04. The lowest BCUT2D eigenvalue weighted by molar-refractivity contribution is 0.600. The van der Waals surface area contributed by atoms with E-state index in [1.807, 2.05) is 19.1 Å². The van der Waals surface area contributed by atoms with Crippen molar-refractivity contribution < 1.29 is 8.42 Å². The average molecular weight is 321 g/mol. The number of hydrogen-bond acceptors (Lipinski definition) is 4. The number of hydrogen-bond donors (Lipinski definition) is 2. The third-order valence-electron chi connectivity index (χ3n) is 2.36. The van der Waals surface area contributed by atoms with Gasteiger partial charge in [0.15, 0.2) is 0 Å². The van der Waals surface area contributed by atoms with Gasteiger partial charge in [-0.25, -0.2) is 8.42 Å². The van der Waals surface area contributed by atoms with Gasteiger partial charge in [0.1, 0.15) is 9.84 Å². The molecular formula is C11H17BrN2O2S. The molecule has 0 aliphatic heterocycles. The lowest BCUT2D eigenvalue weighted by Crippen LogP contribution is -2.10. The molecule has 3 N–H and O–H groups in total. The van der Waals surface area contributed by atoms with Crippen molar-refractivity contribution in [3.63, 3.8) is 0 Å². The summed E-state index contributed by atoms with van der Waals surface area (Å²) in [4.78, 5) is 0. The SMILES string of the molecule is Cc1cc(NCCCS(C)(=O)=O)c(Br)cc1N. The third kappa shape index (κ3) is 4.95. The summed E-state index contributed by atoms with van der Waals surface area (Å²) in [6.07, 6.45) is 1.84. The summed E-state index contributed by atoms with van der Waals surface area (Å²) in [5.74, 6) is 0.200. The van der Waals surface area contributed by atoms with E-state index in [9.17, 15) is 8.42 Å². The number of halogens is 1. The van der Waals surface area contributed by atoms with Gasteiger partial charge in [0.05, 0.1) is 5.75 Å². The third-order valence-corrected chi connectivity index (χ3v) is 4.05. The highest BCUT2D eigenvalue weighted by atomic mass is 79.9. The summed E-state index contributed by atoms with van der Waals surface area (Å²) < 4.78 is 22.8. The molecule has 0 fully saturated rings. The van der Waals surface area contributed by atoms with Crippen molar-refractivity contribution in [3.8, 4) is 0 Å². The number of benzene rings is 1. The van der Waals surface area contributed by atoms with E-state index in [0.29, 0.717) is 13.0 Å². The van der Waals surface area contributed by atoms with E-state index in [1.54, 1.807) is 0 Å². The Balaban J connectivity index is 2.55. The first kappa shape index (κ1) is 14.3. The average Bonchev–Trinajstić information content (AvgIpc) is 2.18. The van der Waals surface area contributed by atoms with Crippen LogP contribution in [-0.2, 0) is 9.84 Å². The maximum Gasteiger partial charge on any atom is 0.147 e. The van der Waals surface area contributed by atoms with Crippen LogP contribution in [0, 0.1) is 6.92 Å². The summed E-state index contributed by atoms with van der Waals surface area (Å²) in [7, 11) is -2.88. The Hall–Kier alpha value is -0.750. The smallest absolute Gasteiger partial charge is 0.147 e. The maximum atomic E-state index is 11.0. The van der Waals surface area contributed by atoms with Crippen molar-refractivity contribution in [1.82, 2.24) is 0 Å². The van der Waals surface area contributed by atoms with Gasteiger partial charge >= 0.3 is 0 Å². The van der Waals surface area contributed by atoms with Crippen molar-refractivity contribution >= 4 is 37.1 Å². The molecule has 0 aliphatic carbocycles. The predicted molar refractivity (Wildman–Crippen MR) is 76.1 cm³/mol. The second-order valence-electron chi connectivity index (χ2n) is 4.10. The first-order chi connectivity index (χ1) is 7.79. The van der Waals surface area contributed by atoms with E-state index < -0.39 is 9.84 Å². The molecule has 1 aromatic carbocycles. The summed E-state index contributed by atoms with van der Waals surface area (Å²) in [5.41, 5.74) is 8.43. The molecule has 1 rings (SSSR count). The number of aryl methyl sites for hydroxylation is 1. The molecule has 96 valence electrons. The van der Waals surface area contributed by atoms with E-state index >= 15 is 0 Å². The summed E-state index contributed by atoms with van der Waals surface area (Å²) in [6, 6.07) is 3.79. The van der Waals surface area contributed by atoms with Crippen molar-refractivity contribution in [2.45, 2.75) is 13.3 Å². The molecule has 0 radical (unpaired) electrons. The van der Waals surface area contributed by atoms with Gasteiger partial charge in [0.2, 0.25) is 0 Å². The second kappa shape index (κ2) is 5.73. The topological polar surface area (TPSA) is 72.2 Å². The van der Waals surface area contributed by atoms with E-state index in [2.05, 4.69) is 21.2 Å². The molecule has 1 aromatic rings. The van der Waals surface area contributed by atoms with Gasteiger partial charge in [-0.15, -0.1) is 0 Å². The van der Waals surface area contributed by atoms with Crippen LogP contribution in [0.15, 0.2) is 16.6 Å². The molecule has 0 aliphatic rings. The van der Waals surface area contributed by atoms with Gasteiger partial charge in [-0.3, -0.25) is 0 Å². The Morgan fingerprint density at radius 3 is 2.65 bits per heavy atom. The highest BCUT2D eigenvalue weighted by Crippen LogP contribution is 2.27. The van der Waals surface area contributed by atoms with Crippen LogP contribution >= 0.6 is 15.9 Å². The lowest BCUT2D eigenvalue weighted by Gasteiger charge is -2.10. The van der Waals surface area contributed by atoms with Gasteiger partial charge < -0.3 is 11.1 Å². The molecule has 0 amide bonds. The summed E-state index contributed by atoms with van der Waals surface area (Å²) in [6.45, 7) is 2.55. The number of rotatable bonds is 5. The summed E-state index contributed by atoms with van der Waals surface area (Å²) in [5, 5.41) is 3.19. The molecule has 0 saturated heterocycles. The van der Waals surface area contributed by atoms with Crippen LogP contribution in [0.25, 0.3) is 0 Å². The van der Waals surface area contributed by atoms with E-state index in [1.165, 1.54) is 6.26 Å². The van der Waals surface area contributed by atoms with Crippen LogP contribution in [0.4, 0.5) is 11.4 Å². The van der Waals surface area contributed by atoms with Crippen LogP contribution in [-0.4, -0.2) is 27.0 Å². The van der Waals surface area contributed by atoms with Gasteiger partial charge in [-0.2, -0.15) is 0 Å². The van der Waals surface area contributed by atoms with Crippen LogP contribution in [0.5, 0.6) is 0 Å². The quantitative estimate of drug-likeness (QED) is 0.644. The highest BCUT2D eigenvalue weighted by molar-refractivity contribution is 9.10. The lowest BCUT2D eigenvalue weighted by atomic mass is 10.2. The Kier molecular flexibility index (Phi) is 4.82. The second-order valence-corrected chi connectivity index (χ2v) is 7.21. The number of nitrogens with two attached hydrogens (primary N) is 1. The molecule has 17 heavy (non-hydrogen) atoms. The van der Waals surface area contributed by atoms with Gasteiger partial charge in [-0.05, 0) is 47.0 Å². The number of sulfone groups is 1. The molecule has 0 heterocycles. The molecule has 0 bridgehead atoms. The largest absolute Gasteiger partial charge is 0.398 e. The molecule has 0 unspecified atom stereocenters. The molecule has 4 nitrogen and oxygen atoms in total. The molecule has 0 aromatic heterocycles. The maximum absolute atomic E-state index is 11.0. The van der Waals surface area contributed by atoms with Crippen LogP contribution in [0.2, 0.25) is 0 Å². The zero-order valence-corrected chi connectivity index (χ0v) is 12.4. The van der Waals surface area contributed by atoms with E-state index in [-0.39, 0.29) is 5.75 Å². The Morgan fingerprint density at radius 2 is 2.06 bits per heavy atom. The molecule has 6 heteroatoms. The molecule has 0 saturated carbocycles. The number of nitrogens with one attached hydrogen (secondary N) is 1. The van der Waals surface area contributed by atoms with Gasteiger partial charge in [0, 0.05) is 28.6 Å². The minimum atomic E-state index is -2.88. The number of anilines is 2. The Labute approximate surface area is 111 Å². The standard InChI is InChI=1S/C11H17BrN2O2S/c1-8-6-11(9(12)7-10(8)13)14-4-3-5-17(2,15)16/h6-7,14H,3-5,13H2,1-2H3. The molecule has 0 atom stereocenters. The molecule has 0 spiro atoms. The van der Waals surface area contributed by atoms with Crippen molar-refractivity contribution in [2.75, 3.05) is 29.6 Å². The van der Waals surface area contributed by atoms with Crippen molar-refractivity contribution in [1.29, 1.82) is 0 Å². The van der Waals surface area contributed by atoms with E-state index in [0.717, 1.165) is 21.4 Å². The first-order valence-corrected chi connectivity index (χ1v) is 8.12. The van der Waals surface area contributed by atoms with Gasteiger partial charge in [-0.1, -0.05) is 0 Å². The monoisotopic (exact) mass is 320 g/mol. The van der Waals surface area contributed by atoms with Crippen LogP contribution in [0.1, 0.15) is 12.0 Å². The molecular weight excluding hydrogens is 304 g/mol. The predicted octanol–water partition coefficient (Wildman–Crippen LogP) is 2.19. The Bertz CT molecular complexity index is 500. The normalized spacial score (nSPS) is 11.5. The fourth-order valence-electron chi connectivity index (χ4n) is 1.39. The fraction of sp³-hybridized carbons (Fsp3) is 0.455. The van der Waals surface area contributed by atoms with E-state index in [4.69, 9.17) is 5.73 Å². The van der Waals surface area contributed by atoms with Crippen molar-refractivity contribution in [2.24, 2.45) is 0 Å². The zero-order chi connectivity index (χ0) is 13.1. The minimum Gasteiger partial charge on any atom is -0.398 e. The zero-order valence-electron chi connectivity index (χ0n) is 9.96. The van der Waals surface area contributed by atoms with Crippen molar-refractivity contribution in [3.05, 3.63) is 22.2 Å². The summed E-state index contributed by atoms with van der Waals surface area (Å²) >= 11 is 3.41. The minimum absolute atomic E-state index is 0.200. The van der Waals surface area contributed by atoms with Crippen LogP contribution in [0.3, 0.4) is 0 Å².